The van der Waals surface area contributed by atoms with Crippen molar-refractivity contribution in [2.75, 3.05) is 0 Å². The zero-order chi connectivity index (χ0) is 41.9. The SMILES string of the molecule is N#Cc1cccc(-c2ccc3c4ccc(-c5ccc6cc(-c7cccc(-c8nc(-c9ccccc9)nc(-c9ccccc9)n8)c7)ccc6c5)cc4c4oc5ccccc5c4c3c2)c1. The Labute approximate surface area is 362 Å². The van der Waals surface area contributed by atoms with Crippen LogP contribution in [-0.4, -0.2) is 15.0 Å². The van der Waals surface area contributed by atoms with Gasteiger partial charge in [-0.15, -0.1) is 0 Å². The topological polar surface area (TPSA) is 75.6 Å². The lowest BCUT2D eigenvalue weighted by Crippen LogP contribution is -2.00. The number of nitrogens with zero attached hydrogens (tertiary/aromatic N) is 4. The van der Waals surface area contributed by atoms with Gasteiger partial charge in [-0.3, -0.25) is 0 Å². The Kier molecular flexibility index (Phi) is 8.48. The Morgan fingerprint density at radius 1 is 0.333 bits per heavy atom. The monoisotopic (exact) mass is 802 g/mol. The van der Waals surface area contributed by atoms with Gasteiger partial charge in [0.05, 0.1) is 11.6 Å². The molecular weight excluding hydrogens is 769 g/mol. The predicted molar refractivity (Wildman–Crippen MR) is 257 cm³/mol. The second kappa shape index (κ2) is 14.8. The molecule has 12 aromatic rings. The van der Waals surface area contributed by atoms with Crippen LogP contribution in [0.15, 0.2) is 211 Å². The molecule has 0 aliphatic carbocycles. The lowest BCUT2D eigenvalue weighted by atomic mass is 9.91. The number of rotatable bonds is 6. The molecule has 5 nitrogen and oxygen atoms in total. The summed E-state index contributed by atoms with van der Waals surface area (Å²) in [6, 6.07) is 73.6. The molecular formula is C58H34N4O. The summed E-state index contributed by atoms with van der Waals surface area (Å²) in [6.07, 6.45) is 0. The molecule has 2 aromatic heterocycles. The van der Waals surface area contributed by atoms with Gasteiger partial charge < -0.3 is 4.42 Å². The van der Waals surface area contributed by atoms with Crippen molar-refractivity contribution in [3.63, 3.8) is 0 Å². The van der Waals surface area contributed by atoms with E-state index >= 15 is 0 Å². The minimum Gasteiger partial charge on any atom is -0.455 e. The summed E-state index contributed by atoms with van der Waals surface area (Å²) in [6.45, 7) is 0. The largest absolute Gasteiger partial charge is 0.455 e. The van der Waals surface area contributed by atoms with Gasteiger partial charge >= 0.3 is 0 Å². The fraction of sp³-hybridized carbons (Fsp3) is 0. The highest BCUT2D eigenvalue weighted by atomic mass is 16.3. The maximum atomic E-state index is 9.58. The van der Waals surface area contributed by atoms with Crippen molar-refractivity contribution in [2.45, 2.75) is 0 Å². The molecule has 0 amide bonds. The Morgan fingerprint density at radius 3 is 1.46 bits per heavy atom. The van der Waals surface area contributed by atoms with Gasteiger partial charge in [0.15, 0.2) is 17.5 Å². The molecule has 0 atom stereocenters. The third kappa shape index (κ3) is 6.37. The molecule has 63 heavy (non-hydrogen) atoms. The highest BCUT2D eigenvalue weighted by Gasteiger charge is 2.18. The van der Waals surface area contributed by atoms with E-state index in [1.807, 2.05) is 91.0 Å². The number of hydrogen-bond acceptors (Lipinski definition) is 5. The number of para-hydroxylation sites is 1. The fourth-order valence-corrected chi connectivity index (χ4v) is 8.96. The Balaban J connectivity index is 0.921. The van der Waals surface area contributed by atoms with Gasteiger partial charge in [0.2, 0.25) is 0 Å². The van der Waals surface area contributed by atoms with Gasteiger partial charge in [-0.05, 0) is 109 Å². The van der Waals surface area contributed by atoms with Crippen molar-refractivity contribution < 1.29 is 4.42 Å². The number of furan rings is 1. The first-order valence-electron chi connectivity index (χ1n) is 21.0. The lowest BCUT2D eigenvalue weighted by Gasteiger charge is -2.12. The maximum absolute atomic E-state index is 9.58. The van der Waals surface area contributed by atoms with Crippen LogP contribution in [0.5, 0.6) is 0 Å². The zero-order valence-electron chi connectivity index (χ0n) is 33.8. The summed E-state index contributed by atoms with van der Waals surface area (Å²) in [4.78, 5) is 14.8. The maximum Gasteiger partial charge on any atom is 0.164 e. The molecule has 0 spiro atoms. The Hall–Kier alpha value is -8.72. The van der Waals surface area contributed by atoms with Crippen molar-refractivity contribution in [2.24, 2.45) is 0 Å². The molecule has 0 fully saturated rings. The predicted octanol–water partition coefficient (Wildman–Crippen LogP) is 15.1. The van der Waals surface area contributed by atoms with Crippen LogP contribution in [0.2, 0.25) is 0 Å². The van der Waals surface area contributed by atoms with Crippen molar-refractivity contribution in [1.29, 1.82) is 5.26 Å². The van der Waals surface area contributed by atoms with E-state index in [9.17, 15) is 5.26 Å². The molecule has 5 heteroatoms. The highest BCUT2D eigenvalue weighted by molar-refractivity contribution is 6.31. The van der Waals surface area contributed by atoms with E-state index in [1.54, 1.807) is 0 Å². The highest BCUT2D eigenvalue weighted by Crippen LogP contribution is 2.43. The van der Waals surface area contributed by atoms with E-state index in [1.165, 1.54) is 0 Å². The van der Waals surface area contributed by atoms with Crippen LogP contribution in [0.25, 0.3) is 122 Å². The minimum absolute atomic E-state index is 0.630. The van der Waals surface area contributed by atoms with Crippen LogP contribution in [0.4, 0.5) is 0 Å². The van der Waals surface area contributed by atoms with E-state index in [2.05, 4.69) is 121 Å². The lowest BCUT2D eigenvalue weighted by molar-refractivity contribution is 0.673. The first-order valence-corrected chi connectivity index (χ1v) is 21.0. The molecule has 0 bridgehead atoms. The molecule has 0 saturated heterocycles. The summed E-state index contributed by atoms with van der Waals surface area (Å²) in [5.41, 5.74) is 11.7. The molecule has 10 aromatic carbocycles. The average Bonchev–Trinajstić information content (AvgIpc) is 3.77. The minimum atomic E-state index is 0.630. The van der Waals surface area contributed by atoms with Crippen LogP contribution in [-0.2, 0) is 0 Å². The van der Waals surface area contributed by atoms with E-state index in [0.717, 1.165) is 104 Å². The second-order valence-corrected chi connectivity index (χ2v) is 15.9. The van der Waals surface area contributed by atoms with E-state index in [0.29, 0.717) is 23.0 Å². The van der Waals surface area contributed by atoms with Crippen LogP contribution < -0.4 is 0 Å². The first-order chi connectivity index (χ1) is 31.1. The molecule has 0 saturated carbocycles. The number of hydrogen-bond donors (Lipinski definition) is 0. The van der Waals surface area contributed by atoms with Crippen LogP contribution >= 0.6 is 0 Å². The summed E-state index contributed by atoms with van der Waals surface area (Å²) < 4.78 is 6.71. The smallest absolute Gasteiger partial charge is 0.164 e. The Morgan fingerprint density at radius 2 is 0.810 bits per heavy atom. The van der Waals surface area contributed by atoms with Crippen LogP contribution in [0.3, 0.4) is 0 Å². The van der Waals surface area contributed by atoms with Crippen molar-refractivity contribution in [1.82, 2.24) is 15.0 Å². The fourth-order valence-electron chi connectivity index (χ4n) is 8.96. The molecule has 0 aliphatic rings. The number of aromatic nitrogens is 3. The van der Waals surface area contributed by atoms with Crippen molar-refractivity contribution >= 4 is 54.3 Å². The van der Waals surface area contributed by atoms with Crippen molar-refractivity contribution in [3.8, 4) is 73.6 Å². The van der Waals surface area contributed by atoms with Gasteiger partial charge in [0, 0.05) is 32.8 Å². The van der Waals surface area contributed by atoms with Gasteiger partial charge in [0.1, 0.15) is 11.2 Å². The van der Waals surface area contributed by atoms with E-state index in [-0.39, 0.29) is 0 Å². The zero-order valence-corrected chi connectivity index (χ0v) is 33.8. The second-order valence-electron chi connectivity index (χ2n) is 15.9. The van der Waals surface area contributed by atoms with Gasteiger partial charge in [-0.2, -0.15) is 5.26 Å². The number of benzene rings is 10. The molecule has 0 aliphatic heterocycles. The molecule has 0 N–H and O–H groups in total. The van der Waals surface area contributed by atoms with Crippen LogP contribution in [0, 0.1) is 11.3 Å². The standard InChI is InChI=1S/C58H34N4O/c59-35-36-11-9-16-39(29-36)45-25-27-48-49-28-26-46(34-52(49)55-54(51(48)33-45)50-19-7-8-20-53(50)63-55)44-24-23-42-30-41(21-22-43(42)31-44)40-17-10-18-47(32-40)58-61-56(37-12-3-1-4-13-37)60-57(62-58)38-14-5-2-6-15-38/h1-34H. The van der Waals surface area contributed by atoms with Gasteiger partial charge in [-0.1, -0.05) is 158 Å². The summed E-state index contributed by atoms with van der Waals surface area (Å²) in [7, 11) is 0. The summed E-state index contributed by atoms with van der Waals surface area (Å²) in [5, 5.41) is 18.6. The summed E-state index contributed by atoms with van der Waals surface area (Å²) in [5.74, 6) is 1.91. The van der Waals surface area contributed by atoms with E-state index in [4.69, 9.17) is 19.4 Å². The van der Waals surface area contributed by atoms with E-state index < -0.39 is 0 Å². The third-order valence-electron chi connectivity index (χ3n) is 12.1. The normalized spacial score (nSPS) is 11.5. The molecule has 2 heterocycles. The number of nitriles is 1. The third-order valence-corrected chi connectivity index (χ3v) is 12.1. The summed E-state index contributed by atoms with van der Waals surface area (Å²) >= 11 is 0. The van der Waals surface area contributed by atoms with Crippen LogP contribution in [0.1, 0.15) is 5.56 Å². The van der Waals surface area contributed by atoms with Crippen molar-refractivity contribution in [3.05, 3.63) is 212 Å². The molecule has 12 rings (SSSR count). The first kappa shape index (κ1) is 36.2. The van der Waals surface area contributed by atoms with Gasteiger partial charge in [-0.25, -0.2) is 15.0 Å². The number of fused-ring (bicyclic) bond motifs is 9. The molecule has 292 valence electrons. The van der Waals surface area contributed by atoms with Gasteiger partial charge in [0.25, 0.3) is 0 Å². The molecule has 0 radical (unpaired) electrons. The molecule has 0 unspecified atom stereocenters. The quantitative estimate of drug-likeness (QED) is 0.157. The Bertz CT molecular complexity index is 3750. The average molecular weight is 803 g/mol.